The first-order chi connectivity index (χ1) is 9.26. The molecule has 0 unspecified atom stereocenters. The van der Waals surface area contributed by atoms with Crippen molar-refractivity contribution in [1.82, 2.24) is 9.88 Å². The Labute approximate surface area is 118 Å². The number of anilines is 1. The average Bonchev–Trinajstić information content (AvgIpc) is 3.12. The molecular weight excluding hydrogens is 282 g/mol. The Kier molecular flexibility index (Phi) is 3.85. The van der Waals surface area contributed by atoms with E-state index in [1.165, 1.54) is 11.0 Å². The van der Waals surface area contributed by atoms with E-state index in [0.29, 0.717) is 5.75 Å². The molecule has 0 saturated heterocycles. The number of carbonyl (C=O) groups excluding carboxylic acids is 1. The van der Waals surface area contributed by atoms with Crippen LogP contribution in [-0.2, 0) is 10.0 Å². The van der Waals surface area contributed by atoms with Crippen LogP contribution in [0.25, 0.3) is 0 Å². The molecule has 1 aromatic heterocycles. The van der Waals surface area contributed by atoms with E-state index < -0.39 is 10.0 Å². The SMILES string of the molecule is CN(C)C(=O)c1nc(NS(C)(=O)=O)ccc1OC1CC1. The van der Waals surface area contributed by atoms with Gasteiger partial charge < -0.3 is 9.64 Å². The maximum Gasteiger partial charge on any atom is 0.275 e. The second-order valence-corrected chi connectivity index (χ2v) is 6.68. The first kappa shape index (κ1) is 14.6. The molecule has 1 N–H and O–H groups in total. The minimum atomic E-state index is -3.44. The third-order valence-corrected chi connectivity index (χ3v) is 3.15. The number of hydrogen-bond acceptors (Lipinski definition) is 5. The maximum atomic E-state index is 12.1. The van der Waals surface area contributed by atoms with Gasteiger partial charge in [-0.3, -0.25) is 9.52 Å². The van der Waals surface area contributed by atoms with Crippen molar-refractivity contribution in [3.63, 3.8) is 0 Å². The van der Waals surface area contributed by atoms with Gasteiger partial charge in [-0.2, -0.15) is 0 Å². The van der Waals surface area contributed by atoms with Gasteiger partial charge in [-0.1, -0.05) is 0 Å². The fourth-order valence-corrected chi connectivity index (χ4v) is 2.01. The molecule has 0 spiro atoms. The molecule has 1 fully saturated rings. The molecule has 1 saturated carbocycles. The number of hydrogen-bond donors (Lipinski definition) is 1. The molecule has 0 aromatic carbocycles. The largest absolute Gasteiger partial charge is 0.488 e. The van der Waals surface area contributed by atoms with Gasteiger partial charge in [0.15, 0.2) is 11.4 Å². The van der Waals surface area contributed by atoms with Crippen LogP contribution in [0.1, 0.15) is 23.3 Å². The second-order valence-electron chi connectivity index (χ2n) is 4.93. The van der Waals surface area contributed by atoms with Gasteiger partial charge in [-0.25, -0.2) is 13.4 Å². The van der Waals surface area contributed by atoms with E-state index >= 15 is 0 Å². The molecule has 0 bridgehead atoms. The number of sulfonamides is 1. The highest BCUT2D eigenvalue weighted by Gasteiger charge is 2.27. The summed E-state index contributed by atoms with van der Waals surface area (Å²) in [5.41, 5.74) is 0.107. The number of amides is 1. The summed E-state index contributed by atoms with van der Waals surface area (Å²) in [5.74, 6) is 0.142. The van der Waals surface area contributed by atoms with Crippen LogP contribution in [0.5, 0.6) is 5.75 Å². The minimum Gasteiger partial charge on any atom is -0.488 e. The summed E-state index contributed by atoms with van der Waals surface area (Å²) in [4.78, 5) is 17.5. The summed E-state index contributed by atoms with van der Waals surface area (Å²) >= 11 is 0. The predicted octanol–water partition coefficient (Wildman–Crippen LogP) is 0.696. The van der Waals surface area contributed by atoms with Gasteiger partial charge in [0.1, 0.15) is 5.82 Å². The fourth-order valence-electron chi connectivity index (χ4n) is 1.52. The van der Waals surface area contributed by atoms with E-state index in [-0.39, 0.29) is 23.5 Å². The third kappa shape index (κ3) is 3.83. The molecule has 1 aromatic rings. The number of nitrogens with zero attached hydrogens (tertiary/aromatic N) is 2. The Morgan fingerprint density at radius 1 is 1.40 bits per heavy atom. The van der Waals surface area contributed by atoms with Crippen LogP contribution in [-0.4, -0.2) is 50.7 Å². The summed E-state index contributed by atoms with van der Waals surface area (Å²) in [5, 5.41) is 0. The van der Waals surface area contributed by atoms with Crippen LogP contribution < -0.4 is 9.46 Å². The molecule has 0 aliphatic heterocycles. The Bertz CT molecular complexity index is 624. The Morgan fingerprint density at radius 3 is 2.55 bits per heavy atom. The van der Waals surface area contributed by atoms with Crippen LogP contribution in [0, 0.1) is 0 Å². The lowest BCUT2D eigenvalue weighted by Crippen LogP contribution is -2.24. The van der Waals surface area contributed by atoms with Crippen LogP contribution in [0.2, 0.25) is 0 Å². The minimum absolute atomic E-state index is 0.0980. The van der Waals surface area contributed by atoms with E-state index in [1.54, 1.807) is 20.2 Å². The number of rotatable bonds is 5. The molecule has 1 amide bonds. The predicted molar refractivity (Wildman–Crippen MR) is 74.4 cm³/mol. The molecule has 110 valence electrons. The van der Waals surface area contributed by atoms with Crippen LogP contribution in [0.15, 0.2) is 12.1 Å². The van der Waals surface area contributed by atoms with Gasteiger partial charge >= 0.3 is 0 Å². The van der Waals surface area contributed by atoms with Crippen LogP contribution in [0.4, 0.5) is 5.82 Å². The normalized spacial score (nSPS) is 14.8. The van der Waals surface area contributed by atoms with Gasteiger partial charge in [0.05, 0.1) is 12.4 Å². The van der Waals surface area contributed by atoms with Gasteiger partial charge in [0, 0.05) is 14.1 Å². The molecule has 1 aliphatic rings. The van der Waals surface area contributed by atoms with Gasteiger partial charge in [0.2, 0.25) is 10.0 Å². The zero-order valence-electron chi connectivity index (χ0n) is 11.6. The lowest BCUT2D eigenvalue weighted by atomic mass is 10.3. The summed E-state index contributed by atoms with van der Waals surface area (Å²) < 4.78 is 30.3. The lowest BCUT2D eigenvalue weighted by Gasteiger charge is -2.15. The molecule has 8 heteroatoms. The first-order valence-corrected chi connectivity index (χ1v) is 8.02. The van der Waals surface area contributed by atoms with Crippen molar-refractivity contribution in [2.24, 2.45) is 0 Å². The van der Waals surface area contributed by atoms with Crippen molar-refractivity contribution in [2.45, 2.75) is 18.9 Å². The number of ether oxygens (including phenoxy) is 1. The van der Waals surface area contributed by atoms with E-state index in [0.717, 1.165) is 19.1 Å². The smallest absolute Gasteiger partial charge is 0.275 e. The molecule has 0 atom stereocenters. The van der Waals surface area contributed by atoms with E-state index in [2.05, 4.69) is 9.71 Å². The highest BCUT2D eigenvalue weighted by molar-refractivity contribution is 7.92. The summed E-state index contributed by atoms with van der Waals surface area (Å²) in [6, 6.07) is 3.04. The zero-order valence-corrected chi connectivity index (χ0v) is 12.4. The molecule has 7 nitrogen and oxygen atoms in total. The van der Waals surface area contributed by atoms with Crippen molar-refractivity contribution >= 4 is 21.7 Å². The first-order valence-electron chi connectivity index (χ1n) is 6.13. The Morgan fingerprint density at radius 2 is 2.05 bits per heavy atom. The third-order valence-electron chi connectivity index (χ3n) is 2.57. The van der Waals surface area contributed by atoms with Gasteiger partial charge in [0.25, 0.3) is 5.91 Å². The van der Waals surface area contributed by atoms with Crippen molar-refractivity contribution in [3.8, 4) is 5.75 Å². The fraction of sp³-hybridized carbons (Fsp3) is 0.500. The topological polar surface area (TPSA) is 88.6 Å². The molecule has 1 heterocycles. The molecule has 20 heavy (non-hydrogen) atoms. The van der Waals surface area contributed by atoms with Gasteiger partial charge in [-0.05, 0) is 25.0 Å². The Hall–Kier alpha value is -1.83. The van der Waals surface area contributed by atoms with Crippen molar-refractivity contribution < 1.29 is 17.9 Å². The van der Waals surface area contributed by atoms with E-state index in [1.807, 2.05) is 0 Å². The monoisotopic (exact) mass is 299 g/mol. The number of aromatic nitrogens is 1. The highest BCUT2D eigenvalue weighted by atomic mass is 32.2. The quantitative estimate of drug-likeness (QED) is 0.864. The number of nitrogens with one attached hydrogen (secondary N) is 1. The summed E-state index contributed by atoms with van der Waals surface area (Å²) in [7, 11) is -0.244. The van der Waals surface area contributed by atoms with Gasteiger partial charge in [-0.15, -0.1) is 0 Å². The molecule has 2 rings (SSSR count). The van der Waals surface area contributed by atoms with E-state index in [9.17, 15) is 13.2 Å². The number of carbonyl (C=O) groups is 1. The maximum absolute atomic E-state index is 12.1. The molecule has 0 radical (unpaired) electrons. The van der Waals surface area contributed by atoms with Crippen molar-refractivity contribution in [1.29, 1.82) is 0 Å². The Balaban J connectivity index is 2.35. The second kappa shape index (κ2) is 5.28. The zero-order chi connectivity index (χ0) is 14.9. The van der Waals surface area contributed by atoms with E-state index in [4.69, 9.17) is 4.74 Å². The molecule has 1 aliphatic carbocycles. The van der Waals surface area contributed by atoms with Crippen LogP contribution >= 0.6 is 0 Å². The molecular formula is C12H17N3O4S. The average molecular weight is 299 g/mol. The lowest BCUT2D eigenvalue weighted by molar-refractivity contribution is 0.0817. The van der Waals surface area contributed by atoms with Crippen LogP contribution in [0.3, 0.4) is 0 Å². The number of pyridine rings is 1. The standard InChI is InChI=1S/C12H17N3O4S/c1-15(2)12(16)11-9(19-8-4-5-8)6-7-10(13-11)14-20(3,17)18/h6-8H,4-5H2,1-3H3,(H,13,14). The summed E-state index contributed by atoms with van der Waals surface area (Å²) in [6.07, 6.45) is 3.06. The van der Waals surface area contributed by atoms with Crippen molar-refractivity contribution in [2.75, 3.05) is 25.1 Å². The summed E-state index contributed by atoms with van der Waals surface area (Å²) in [6.45, 7) is 0. The van der Waals surface area contributed by atoms with Crippen molar-refractivity contribution in [3.05, 3.63) is 17.8 Å². The highest BCUT2D eigenvalue weighted by Crippen LogP contribution is 2.29.